The van der Waals surface area contributed by atoms with Gasteiger partial charge in [0, 0.05) is 11.1 Å². The lowest BCUT2D eigenvalue weighted by molar-refractivity contribution is 0.402. The molecule has 0 atom stereocenters. The Bertz CT molecular complexity index is 876. The van der Waals surface area contributed by atoms with E-state index >= 15 is 0 Å². The van der Waals surface area contributed by atoms with Gasteiger partial charge in [0.25, 0.3) is 0 Å². The summed E-state index contributed by atoms with van der Waals surface area (Å²) in [6.07, 6.45) is 4.16. The Hall–Kier alpha value is -2.95. The molecule has 0 saturated heterocycles. The highest BCUT2D eigenvalue weighted by molar-refractivity contribution is 6.13. The smallest absolute Gasteiger partial charge is 0.138 e. The standard InChI is InChI=1S/C19H19N5/c1-19(2)11-15-5-3-4-6-17(15)18(22-23-19)14-7-9-16(10-8-14)24-13-20-12-21-24/h3-10,12-13,23H,11H2,1-2H3. The summed E-state index contributed by atoms with van der Waals surface area (Å²) in [7, 11) is 0. The summed E-state index contributed by atoms with van der Waals surface area (Å²) in [4.78, 5) is 3.99. The third kappa shape index (κ3) is 2.69. The third-order valence-electron chi connectivity index (χ3n) is 4.20. The number of hydrogen-bond acceptors (Lipinski definition) is 4. The fourth-order valence-corrected chi connectivity index (χ4v) is 3.02. The summed E-state index contributed by atoms with van der Waals surface area (Å²) in [6, 6.07) is 16.7. The molecular formula is C19H19N5. The zero-order valence-corrected chi connectivity index (χ0v) is 13.8. The highest BCUT2D eigenvalue weighted by atomic mass is 15.3. The molecule has 0 unspecified atom stereocenters. The first-order chi connectivity index (χ1) is 11.6. The molecule has 0 spiro atoms. The van der Waals surface area contributed by atoms with Crippen molar-refractivity contribution in [2.75, 3.05) is 0 Å². The van der Waals surface area contributed by atoms with Gasteiger partial charge >= 0.3 is 0 Å². The van der Waals surface area contributed by atoms with E-state index in [1.54, 1.807) is 11.0 Å². The number of hydrazone groups is 1. The normalized spacial score (nSPS) is 15.8. The Labute approximate surface area is 141 Å². The molecule has 0 saturated carbocycles. The topological polar surface area (TPSA) is 55.1 Å². The average molecular weight is 317 g/mol. The maximum atomic E-state index is 4.71. The molecule has 1 aliphatic heterocycles. The van der Waals surface area contributed by atoms with E-state index < -0.39 is 0 Å². The fourth-order valence-electron chi connectivity index (χ4n) is 3.02. The third-order valence-corrected chi connectivity index (χ3v) is 4.20. The number of hydrogen-bond donors (Lipinski definition) is 1. The maximum Gasteiger partial charge on any atom is 0.138 e. The SMILES string of the molecule is CC1(C)Cc2ccccc2C(c2ccc(-n3cncn3)cc2)=NN1. The monoisotopic (exact) mass is 317 g/mol. The van der Waals surface area contributed by atoms with Crippen molar-refractivity contribution in [3.63, 3.8) is 0 Å². The van der Waals surface area contributed by atoms with Crippen molar-refractivity contribution in [2.45, 2.75) is 25.8 Å². The van der Waals surface area contributed by atoms with E-state index in [2.05, 4.69) is 65.8 Å². The molecule has 1 aromatic heterocycles. The zero-order valence-electron chi connectivity index (χ0n) is 13.8. The highest BCUT2D eigenvalue weighted by Gasteiger charge is 2.24. The minimum atomic E-state index is -0.0709. The van der Waals surface area contributed by atoms with Crippen molar-refractivity contribution in [2.24, 2.45) is 5.10 Å². The van der Waals surface area contributed by atoms with Crippen LogP contribution in [0.5, 0.6) is 0 Å². The molecule has 1 N–H and O–H groups in total. The van der Waals surface area contributed by atoms with Crippen molar-refractivity contribution in [3.05, 3.63) is 77.9 Å². The molecule has 5 nitrogen and oxygen atoms in total. The molecule has 2 aromatic carbocycles. The first-order valence-electron chi connectivity index (χ1n) is 8.01. The molecule has 2 heterocycles. The van der Waals surface area contributed by atoms with Crippen LogP contribution in [0.1, 0.15) is 30.5 Å². The molecule has 24 heavy (non-hydrogen) atoms. The molecule has 1 aliphatic rings. The van der Waals surface area contributed by atoms with Gasteiger partial charge in [0.2, 0.25) is 0 Å². The van der Waals surface area contributed by atoms with E-state index in [0.29, 0.717) is 0 Å². The second-order valence-electron chi connectivity index (χ2n) is 6.68. The summed E-state index contributed by atoms with van der Waals surface area (Å²) in [5, 5.41) is 8.87. The number of rotatable bonds is 2. The van der Waals surface area contributed by atoms with Gasteiger partial charge in [-0.3, -0.25) is 0 Å². The van der Waals surface area contributed by atoms with Crippen LogP contribution in [0, 0.1) is 0 Å². The van der Waals surface area contributed by atoms with Crippen molar-refractivity contribution < 1.29 is 0 Å². The van der Waals surface area contributed by atoms with E-state index in [1.165, 1.54) is 17.5 Å². The van der Waals surface area contributed by atoms with Gasteiger partial charge in [-0.25, -0.2) is 9.67 Å². The van der Waals surface area contributed by atoms with Gasteiger partial charge in [0.05, 0.1) is 16.9 Å². The Morgan fingerprint density at radius 2 is 1.83 bits per heavy atom. The van der Waals surface area contributed by atoms with Gasteiger partial charge in [-0.05, 0) is 38.0 Å². The van der Waals surface area contributed by atoms with Gasteiger partial charge < -0.3 is 5.43 Å². The predicted octanol–water partition coefficient (Wildman–Crippen LogP) is 2.94. The Morgan fingerprint density at radius 1 is 1.04 bits per heavy atom. The molecule has 0 amide bonds. The van der Waals surface area contributed by atoms with Gasteiger partial charge in [-0.1, -0.05) is 36.4 Å². The number of aromatic nitrogens is 3. The Kier molecular flexibility index (Phi) is 3.41. The second kappa shape index (κ2) is 5.60. The molecule has 3 aromatic rings. The molecule has 0 aliphatic carbocycles. The predicted molar refractivity (Wildman–Crippen MR) is 94.4 cm³/mol. The van der Waals surface area contributed by atoms with E-state index in [1.807, 2.05) is 12.1 Å². The lowest BCUT2D eigenvalue weighted by Gasteiger charge is -2.22. The van der Waals surface area contributed by atoms with E-state index in [4.69, 9.17) is 5.10 Å². The highest BCUT2D eigenvalue weighted by Crippen LogP contribution is 2.24. The average Bonchev–Trinajstić information content (AvgIpc) is 3.07. The van der Waals surface area contributed by atoms with Crippen LogP contribution >= 0.6 is 0 Å². The van der Waals surface area contributed by atoms with Crippen molar-refractivity contribution >= 4 is 5.71 Å². The Morgan fingerprint density at radius 3 is 2.58 bits per heavy atom. The first-order valence-corrected chi connectivity index (χ1v) is 8.01. The van der Waals surface area contributed by atoms with Crippen LogP contribution in [-0.2, 0) is 6.42 Å². The largest absolute Gasteiger partial charge is 0.304 e. The molecule has 120 valence electrons. The molecular weight excluding hydrogens is 298 g/mol. The fraction of sp³-hybridized carbons (Fsp3) is 0.211. The van der Waals surface area contributed by atoms with Gasteiger partial charge in [-0.2, -0.15) is 10.2 Å². The molecule has 0 fully saturated rings. The van der Waals surface area contributed by atoms with Crippen molar-refractivity contribution in [1.29, 1.82) is 0 Å². The van der Waals surface area contributed by atoms with Crippen LogP contribution in [0.25, 0.3) is 5.69 Å². The number of nitrogens with zero attached hydrogens (tertiary/aromatic N) is 4. The summed E-state index contributed by atoms with van der Waals surface area (Å²) < 4.78 is 1.74. The van der Waals surface area contributed by atoms with Gasteiger partial charge in [0.15, 0.2) is 0 Å². The Balaban J connectivity index is 1.77. The minimum absolute atomic E-state index is 0.0709. The lowest BCUT2D eigenvalue weighted by atomic mass is 9.90. The van der Waals surface area contributed by atoms with Crippen molar-refractivity contribution in [3.8, 4) is 5.69 Å². The number of fused-ring (bicyclic) bond motifs is 1. The van der Waals surface area contributed by atoms with E-state index in [-0.39, 0.29) is 5.54 Å². The van der Waals surface area contributed by atoms with Crippen molar-refractivity contribution in [1.82, 2.24) is 20.2 Å². The van der Waals surface area contributed by atoms with Crippen LogP contribution in [0.4, 0.5) is 0 Å². The summed E-state index contributed by atoms with van der Waals surface area (Å²) >= 11 is 0. The summed E-state index contributed by atoms with van der Waals surface area (Å²) in [5.41, 5.74) is 8.78. The van der Waals surface area contributed by atoms with Crippen LogP contribution in [0.15, 0.2) is 66.3 Å². The first kappa shape index (κ1) is 14.6. The summed E-state index contributed by atoms with van der Waals surface area (Å²) in [5.74, 6) is 0. The number of benzene rings is 2. The van der Waals surface area contributed by atoms with E-state index in [0.717, 1.165) is 23.4 Å². The summed E-state index contributed by atoms with van der Waals surface area (Å²) in [6.45, 7) is 4.34. The lowest BCUT2D eigenvalue weighted by Crippen LogP contribution is -2.37. The van der Waals surface area contributed by atoms with Crippen LogP contribution in [0.3, 0.4) is 0 Å². The molecule has 5 heteroatoms. The number of nitrogens with one attached hydrogen (secondary N) is 1. The van der Waals surface area contributed by atoms with Gasteiger partial charge in [-0.15, -0.1) is 0 Å². The minimum Gasteiger partial charge on any atom is -0.304 e. The van der Waals surface area contributed by atoms with Gasteiger partial charge in [0.1, 0.15) is 12.7 Å². The maximum absolute atomic E-state index is 4.71. The van der Waals surface area contributed by atoms with Crippen LogP contribution in [0.2, 0.25) is 0 Å². The molecule has 0 radical (unpaired) electrons. The van der Waals surface area contributed by atoms with E-state index in [9.17, 15) is 0 Å². The zero-order chi connectivity index (χ0) is 16.6. The van der Waals surface area contributed by atoms with Crippen LogP contribution < -0.4 is 5.43 Å². The van der Waals surface area contributed by atoms with Crippen LogP contribution in [-0.4, -0.2) is 26.0 Å². The molecule has 0 bridgehead atoms. The molecule has 4 rings (SSSR count). The quantitative estimate of drug-likeness (QED) is 0.790. The second-order valence-corrected chi connectivity index (χ2v) is 6.68.